The lowest BCUT2D eigenvalue weighted by Gasteiger charge is -2.32. The van der Waals surface area contributed by atoms with E-state index in [4.69, 9.17) is 11.6 Å². The van der Waals surface area contributed by atoms with E-state index in [0.717, 1.165) is 31.6 Å². The number of likely N-dealkylation sites (tertiary alicyclic amines) is 1. The van der Waals surface area contributed by atoms with Crippen LogP contribution in [-0.4, -0.2) is 37.5 Å². The monoisotopic (exact) mass is 316 g/mol. The first-order valence-corrected chi connectivity index (χ1v) is 7.23. The fourth-order valence-corrected chi connectivity index (χ4v) is 2.89. The Labute approximate surface area is 132 Å². The minimum Gasteiger partial charge on any atom is -0.342 e. The van der Waals surface area contributed by atoms with Crippen molar-refractivity contribution in [3.8, 4) is 0 Å². The minimum atomic E-state index is 0. The van der Waals surface area contributed by atoms with Crippen LogP contribution in [0.25, 0.3) is 0 Å². The second kappa shape index (κ2) is 8.50. The van der Waals surface area contributed by atoms with Gasteiger partial charge in [-0.1, -0.05) is 23.7 Å². The van der Waals surface area contributed by atoms with Crippen molar-refractivity contribution in [3.05, 3.63) is 34.9 Å². The molecular formula is C15H22Cl2N2O. The van der Waals surface area contributed by atoms with Gasteiger partial charge in [-0.15, -0.1) is 12.4 Å². The summed E-state index contributed by atoms with van der Waals surface area (Å²) >= 11 is 5.95. The molecule has 0 bridgehead atoms. The number of hydrogen-bond acceptors (Lipinski definition) is 2. The number of piperidine rings is 1. The third-order valence-electron chi connectivity index (χ3n) is 3.61. The molecular weight excluding hydrogens is 295 g/mol. The molecule has 1 N–H and O–H groups in total. The summed E-state index contributed by atoms with van der Waals surface area (Å²) in [5.41, 5.74) is 0.994. The van der Waals surface area contributed by atoms with Gasteiger partial charge in [0.15, 0.2) is 0 Å². The number of carbonyl (C=O) groups is 1. The Hall–Kier alpha value is -0.770. The minimum absolute atomic E-state index is 0. The van der Waals surface area contributed by atoms with Gasteiger partial charge in [0.1, 0.15) is 0 Å². The molecule has 112 valence electrons. The zero-order valence-electron chi connectivity index (χ0n) is 11.8. The standard InChI is InChI=1S/C15H21ClN2O.ClH/c1-17-10-13-5-3-7-18(11-13)15(19)9-12-4-2-6-14(16)8-12;/h2,4,6,8,13,17H,3,5,7,9-11H2,1H3;1H. The van der Waals surface area contributed by atoms with Crippen LogP contribution >= 0.6 is 24.0 Å². The molecule has 3 nitrogen and oxygen atoms in total. The Morgan fingerprint density at radius 1 is 1.50 bits per heavy atom. The van der Waals surface area contributed by atoms with Crippen LogP contribution in [0.4, 0.5) is 0 Å². The van der Waals surface area contributed by atoms with Gasteiger partial charge in [-0.25, -0.2) is 0 Å². The summed E-state index contributed by atoms with van der Waals surface area (Å²) in [7, 11) is 1.97. The van der Waals surface area contributed by atoms with Crippen molar-refractivity contribution in [3.63, 3.8) is 0 Å². The number of amides is 1. The molecule has 1 aliphatic rings. The third kappa shape index (κ3) is 4.97. The van der Waals surface area contributed by atoms with Crippen molar-refractivity contribution in [1.82, 2.24) is 10.2 Å². The lowest BCUT2D eigenvalue weighted by Crippen LogP contribution is -2.43. The predicted octanol–water partition coefficient (Wildman–Crippen LogP) is 2.76. The molecule has 1 atom stereocenters. The topological polar surface area (TPSA) is 32.3 Å². The first kappa shape index (κ1) is 17.3. The molecule has 1 heterocycles. The molecule has 5 heteroatoms. The third-order valence-corrected chi connectivity index (χ3v) is 3.84. The van der Waals surface area contributed by atoms with E-state index < -0.39 is 0 Å². The molecule has 0 spiro atoms. The van der Waals surface area contributed by atoms with Gasteiger partial charge in [-0.3, -0.25) is 4.79 Å². The average Bonchev–Trinajstić information content (AvgIpc) is 2.39. The summed E-state index contributed by atoms with van der Waals surface area (Å²) in [6.07, 6.45) is 2.77. The molecule has 2 rings (SSSR count). The van der Waals surface area contributed by atoms with E-state index in [0.29, 0.717) is 17.4 Å². The van der Waals surface area contributed by atoms with E-state index in [-0.39, 0.29) is 18.3 Å². The highest BCUT2D eigenvalue weighted by atomic mass is 35.5. The van der Waals surface area contributed by atoms with Gasteiger partial charge in [0.25, 0.3) is 0 Å². The van der Waals surface area contributed by atoms with Crippen molar-refractivity contribution < 1.29 is 4.79 Å². The van der Waals surface area contributed by atoms with Crippen molar-refractivity contribution in [2.45, 2.75) is 19.3 Å². The van der Waals surface area contributed by atoms with Gasteiger partial charge in [-0.05, 0) is 50.0 Å². The largest absolute Gasteiger partial charge is 0.342 e. The Balaban J connectivity index is 0.00000200. The smallest absolute Gasteiger partial charge is 0.227 e. The van der Waals surface area contributed by atoms with Gasteiger partial charge in [0.05, 0.1) is 6.42 Å². The van der Waals surface area contributed by atoms with Crippen LogP contribution in [0.2, 0.25) is 5.02 Å². The molecule has 1 fully saturated rings. The van der Waals surface area contributed by atoms with Crippen LogP contribution in [0.3, 0.4) is 0 Å². The number of hydrogen-bond donors (Lipinski definition) is 1. The normalized spacial score (nSPS) is 18.5. The first-order chi connectivity index (χ1) is 9.19. The van der Waals surface area contributed by atoms with E-state index in [2.05, 4.69) is 5.32 Å². The molecule has 1 amide bonds. The fourth-order valence-electron chi connectivity index (χ4n) is 2.68. The molecule has 1 aromatic rings. The van der Waals surface area contributed by atoms with Gasteiger partial charge in [0.2, 0.25) is 5.91 Å². The summed E-state index contributed by atoms with van der Waals surface area (Å²) < 4.78 is 0. The highest BCUT2D eigenvalue weighted by Gasteiger charge is 2.23. The van der Waals surface area contributed by atoms with Gasteiger partial charge < -0.3 is 10.2 Å². The highest BCUT2D eigenvalue weighted by molar-refractivity contribution is 6.30. The Kier molecular flexibility index (Phi) is 7.35. The van der Waals surface area contributed by atoms with Gasteiger partial charge in [0, 0.05) is 18.1 Å². The Morgan fingerprint density at radius 3 is 3.00 bits per heavy atom. The van der Waals surface area contributed by atoms with Crippen LogP contribution in [0.5, 0.6) is 0 Å². The van der Waals surface area contributed by atoms with E-state index >= 15 is 0 Å². The summed E-state index contributed by atoms with van der Waals surface area (Å²) in [5.74, 6) is 0.796. The summed E-state index contributed by atoms with van der Waals surface area (Å²) in [6.45, 7) is 2.75. The molecule has 1 aromatic carbocycles. The average molecular weight is 317 g/mol. The SMILES string of the molecule is CNCC1CCCN(C(=O)Cc2cccc(Cl)c2)C1.Cl. The molecule has 0 radical (unpaired) electrons. The molecule has 0 saturated carbocycles. The van der Waals surface area contributed by atoms with Crippen molar-refractivity contribution in [2.75, 3.05) is 26.7 Å². The van der Waals surface area contributed by atoms with Crippen LogP contribution in [0.1, 0.15) is 18.4 Å². The number of nitrogens with zero attached hydrogens (tertiary/aromatic N) is 1. The van der Waals surface area contributed by atoms with Crippen LogP contribution in [0, 0.1) is 5.92 Å². The zero-order valence-corrected chi connectivity index (χ0v) is 13.3. The maximum atomic E-state index is 12.3. The summed E-state index contributed by atoms with van der Waals surface area (Å²) in [5, 5.41) is 3.89. The van der Waals surface area contributed by atoms with Crippen LogP contribution in [-0.2, 0) is 11.2 Å². The Morgan fingerprint density at radius 2 is 2.30 bits per heavy atom. The maximum Gasteiger partial charge on any atom is 0.227 e. The van der Waals surface area contributed by atoms with E-state index in [9.17, 15) is 4.79 Å². The van der Waals surface area contributed by atoms with Crippen LogP contribution in [0.15, 0.2) is 24.3 Å². The van der Waals surface area contributed by atoms with Crippen LogP contribution < -0.4 is 5.32 Å². The van der Waals surface area contributed by atoms with E-state index in [1.54, 1.807) is 0 Å². The van der Waals surface area contributed by atoms with Gasteiger partial charge >= 0.3 is 0 Å². The molecule has 20 heavy (non-hydrogen) atoms. The van der Waals surface area contributed by atoms with Crippen molar-refractivity contribution in [2.24, 2.45) is 5.92 Å². The number of rotatable bonds is 4. The maximum absolute atomic E-state index is 12.3. The Bertz CT molecular complexity index is 438. The molecule has 1 saturated heterocycles. The lowest BCUT2D eigenvalue weighted by atomic mass is 9.97. The van der Waals surface area contributed by atoms with Crippen molar-refractivity contribution in [1.29, 1.82) is 0 Å². The second-order valence-electron chi connectivity index (χ2n) is 5.21. The first-order valence-electron chi connectivity index (χ1n) is 6.86. The number of carbonyl (C=O) groups excluding carboxylic acids is 1. The summed E-state index contributed by atoms with van der Waals surface area (Å²) in [6, 6.07) is 7.55. The molecule has 0 aliphatic carbocycles. The van der Waals surface area contributed by atoms with Gasteiger partial charge in [-0.2, -0.15) is 0 Å². The second-order valence-corrected chi connectivity index (χ2v) is 5.65. The fraction of sp³-hybridized carbons (Fsp3) is 0.533. The number of halogens is 2. The number of benzene rings is 1. The molecule has 1 unspecified atom stereocenters. The lowest BCUT2D eigenvalue weighted by molar-refractivity contribution is -0.132. The number of nitrogens with one attached hydrogen (secondary N) is 1. The quantitative estimate of drug-likeness (QED) is 0.926. The highest BCUT2D eigenvalue weighted by Crippen LogP contribution is 2.18. The predicted molar refractivity (Wildman–Crippen MR) is 85.6 cm³/mol. The molecule has 0 aromatic heterocycles. The van der Waals surface area contributed by atoms with E-state index in [1.807, 2.05) is 36.2 Å². The zero-order chi connectivity index (χ0) is 13.7. The molecule has 1 aliphatic heterocycles. The van der Waals surface area contributed by atoms with E-state index in [1.165, 1.54) is 6.42 Å². The van der Waals surface area contributed by atoms with Crippen molar-refractivity contribution >= 4 is 29.9 Å². The summed E-state index contributed by atoms with van der Waals surface area (Å²) in [4.78, 5) is 14.3.